The third-order valence-electron chi connectivity index (χ3n) is 5.39. The van der Waals surface area contributed by atoms with Gasteiger partial charge in [0.15, 0.2) is 0 Å². The molecule has 3 rings (SSSR count). The SMILES string of the molecule is CCN(Cc1ccccc1NCC(=O)N1c2ccccc2NC(=O)C1(C)C)C(C)=O. The van der Waals surface area contributed by atoms with Gasteiger partial charge < -0.3 is 15.5 Å². The quantitative estimate of drug-likeness (QED) is 0.769. The molecule has 158 valence electrons. The molecular weight excluding hydrogens is 380 g/mol. The predicted molar refractivity (Wildman–Crippen MR) is 118 cm³/mol. The summed E-state index contributed by atoms with van der Waals surface area (Å²) < 4.78 is 0. The van der Waals surface area contributed by atoms with Crippen LogP contribution in [0.4, 0.5) is 17.1 Å². The summed E-state index contributed by atoms with van der Waals surface area (Å²) in [4.78, 5) is 40.9. The monoisotopic (exact) mass is 408 g/mol. The number of anilines is 3. The van der Waals surface area contributed by atoms with Crippen molar-refractivity contribution in [2.45, 2.75) is 39.8 Å². The summed E-state index contributed by atoms with van der Waals surface area (Å²) in [5.74, 6) is -0.438. The topological polar surface area (TPSA) is 81.8 Å². The molecular formula is C23H28N4O3. The molecule has 0 fully saturated rings. The molecule has 2 N–H and O–H groups in total. The smallest absolute Gasteiger partial charge is 0.250 e. The Morgan fingerprint density at radius 2 is 1.77 bits per heavy atom. The Kier molecular flexibility index (Phi) is 6.10. The Balaban J connectivity index is 1.81. The number of rotatable bonds is 6. The first-order chi connectivity index (χ1) is 14.3. The molecule has 2 aromatic carbocycles. The molecule has 0 radical (unpaired) electrons. The van der Waals surface area contributed by atoms with Crippen molar-refractivity contribution >= 4 is 34.8 Å². The summed E-state index contributed by atoms with van der Waals surface area (Å²) in [7, 11) is 0. The van der Waals surface area contributed by atoms with Crippen LogP contribution >= 0.6 is 0 Å². The Labute approximate surface area is 177 Å². The second kappa shape index (κ2) is 8.57. The second-order valence-corrected chi connectivity index (χ2v) is 7.80. The van der Waals surface area contributed by atoms with Crippen molar-refractivity contribution in [1.29, 1.82) is 0 Å². The van der Waals surface area contributed by atoms with Gasteiger partial charge in [0.25, 0.3) is 0 Å². The van der Waals surface area contributed by atoms with E-state index in [2.05, 4.69) is 10.6 Å². The fraction of sp³-hybridized carbons (Fsp3) is 0.348. The molecule has 2 aromatic rings. The van der Waals surface area contributed by atoms with Crippen LogP contribution in [-0.2, 0) is 20.9 Å². The fourth-order valence-electron chi connectivity index (χ4n) is 3.63. The molecule has 1 aliphatic rings. The summed E-state index contributed by atoms with van der Waals surface area (Å²) in [5.41, 5.74) is 2.00. The number of amides is 3. The van der Waals surface area contributed by atoms with Crippen LogP contribution in [0.1, 0.15) is 33.3 Å². The largest absolute Gasteiger partial charge is 0.376 e. The molecule has 1 aliphatic heterocycles. The average molecular weight is 409 g/mol. The summed E-state index contributed by atoms with van der Waals surface area (Å²) in [5, 5.41) is 6.07. The number of nitrogens with zero attached hydrogens (tertiary/aromatic N) is 2. The van der Waals surface area contributed by atoms with Crippen LogP contribution in [0.5, 0.6) is 0 Å². The molecule has 0 saturated carbocycles. The number of fused-ring (bicyclic) bond motifs is 1. The lowest BCUT2D eigenvalue weighted by Gasteiger charge is -2.42. The molecule has 0 spiro atoms. The van der Waals surface area contributed by atoms with Crippen molar-refractivity contribution in [2.75, 3.05) is 28.6 Å². The first kappa shape index (κ1) is 21.4. The van der Waals surface area contributed by atoms with E-state index in [9.17, 15) is 14.4 Å². The van der Waals surface area contributed by atoms with E-state index in [0.717, 1.165) is 11.3 Å². The fourth-order valence-corrected chi connectivity index (χ4v) is 3.63. The van der Waals surface area contributed by atoms with Gasteiger partial charge in [-0.2, -0.15) is 0 Å². The third kappa shape index (κ3) is 4.15. The average Bonchev–Trinajstić information content (AvgIpc) is 2.71. The molecule has 1 heterocycles. The van der Waals surface area contributed by atoms with E-state index in [1.165, 1.54) is 0 Å². The molecule has 0 aliphatic carbocycles. The van der Waals surface area contributed by atoms with Crippen molar-refractivity contribution < 1.29 is 14.4 Å². The van der Waals surface area contributed by atoms with E-state index < -0.39 is 5.54 Å². The number of carbonyl (C=O) groups is 3. The van der Waals surface area contributed by atoms with Crippen molar-refractivity contribution in [1.82, 2.24) is 4.90 Å². The number of benzene rings is 2. The van der Waals surface area contributed by atoms with E-state index in [-0.39, 0.29) is 24.3 Å². The minimum Gasteiger partial charge on any atom is -0.376 e. The second-order valence-electron chi connectivity index (χ2n) is 7.80. The van der Waals surface area contributed by atoms with Gasteiger partial charge in [0.1, 0.15) is 5.54 Å². The van der Waals surface area contributed by atoms with Gasteiger partial charge in [-0.15, -0.1) is 0 Å². The maximum absolute atomic E-state index is 13.2. The van der Waals surface area contributed by atoms with Gasteiger partial charge in [-0.1, -0.05) is 30.3 Å². The third-order valence-corrected chi connectivity index (χ3v) is 5.39. The Morgan fingerprint density at radius 3 is 2.47 bits per heavy atom. The lowest BCUT2D eigenvalue weighted by atomic mass is 9.96. The molecule has 0 saturated heterocycles. The van der Waals surface area contributed by atoms with E-state index in [1.807, 2.05) is 49.4 Å². The minimum atomic E-state index is -1.01. The van der Waals surface area contributed by atoms with Gasteiger partial charge >= 0.3 is 0 Å². The van der Waals surface area contributed by atoms with Gasteiger partial charge in [-0.05, 0) is 44.5 Å². The normalized spacial score (nSPS) is 14.5. The Bertz CT molecular complexity index is 970. The van der Waals surface area contributed by atoms with Crippen LogP contribution in [-0.4, -0.2) is 41.2 Å². The van der Waals surface area contributed by atoms with Crippen LogP contribution < -0.4 is 15.5 Å². The number of hydrogen-bond acceptors (Lipinski definition) is 4. The molecule has 7 nitrogen and oxygen atoms in total. The molecule has 0 unspecified atom stereocenters. The Hall–Kier alpha value is -3.35. The molecule has 0 aromatic heterocycles. The van der Waals surface area contributed by atoms with Gasteiger partial charge in [-0.3, -0.25) is 19.3 Å². The van der Waals surface area contributed by atoms with Crippen molar-refractivity contribution in [2.24, 2.45) is 0 Å². The van der Waals surface area contributed by atoms with Crippen molar-refractivity contribution in [3.8, 4) is 0 Å². The van der Waals surface area contributed by atoms with E-state index in [1.54, 1.807) is 36.6 Å². The number of nitrogens with one attached hydrogen (secondary N) is 2. The first-order valence-electron chi connectivity index (χ1n) is 10.1. The number of para-hydroxylation sites is 3. The summed E-state index contributed by atoms with van der Waals surface area (Å²) in [6.07, 6.45) is 0. The highest BCUT2D eigenvalue weighted by Gasteiger charge is 2.43. The van der Waals surface area contributed by atoms with Crippen LogP contribution in [0.15, 0.2) is 48.5 Å². The van der Waals surface area contributed by atoms with Crippen LogP contribution in [0.2, 0.25) is 0 Å². The van der Waals surface area contributed by atoms with Crippen LogP contribution in [0.25, 0.3) is 0 Å². The van der Waals surface area contributed by atoms with Gasteiger partial charge in [0.2, 0.25) is 17.7 Å². The first-order valence-corrected chi connectivity index (χ1v) is 10.1. The summed E-state index contributed by atoms with van der Waals surface area (Å²) in [6, 6.07) is 14.9. The maximum atomic E-state index is 13.2. The van der Waals surface area contributed by atoms with E-state index in [0.29, 0.717) is 24.5 Å². The molecule has 0 bridgehead atoms. The maximum Gasteiger partial charge on any atom is 0.250 e. The van der Waals surface area contributed by atoms with Gasteiger partial charge in [0, 0.05) is 25.7 Å². The minimum absolute atomic E-state index is 0.000986. The molecule has 3 amide bonds. The van der Waals surface area contributed by atoms with Crippen LogP contribution in [0, 0.1) is 0 Å². The van der Waals surface area contributed by atoms with E-state index >= 15 is 0 Å². The lowest BCUT2D eigenvalue weighted by molar-refractivity contribution is -0.129. The zero-order valence-corrected chi connectivity index (χ0v) is 17.9. The summed E-state index contributed by atoms with van der Waals surface area (Å²) in [6.45, 7) is 8.03. The van der Waals surface area contributed by atoms with Crippen molar-refractivity contribution in [3.05, 3.63) is 54.1 Å². The molecule has 7 heteroatoms. The predicted octanol–water partition coefficient (Wildman–Crippen LogP) is 3.23. The van der Waals surface area contributed by atoms with Gasteiger partial charge in [0.05, 0.1) is 17.9 Å². The highest BCUT2D eigenvalue weighted by Crippen LogP contribution is 2.36. The lowest BCUT2D eigenvalue weighted by Crippen LogP contribution is -2.59. The molecule has 30 heavy (non-hydrogen) atoms. The van der Waals surface area contributed by atoms with E-state index in [4.69, 9.17) is 0 Å². The zero-order valence-electron chi connectivity index (χ0n) is 17.9. The summed E-state index contributed by atoms with van der Waals surface area (Å²) >= 11 is 0. The molecule has 0 atom stereocenters. The zero-order chi connectivity index (χ0) is 21.9. The van der Waals surface area contributed by atoms with Crippen LogP contribution in [0.3, 0.4) is 0 Å². The Morgan fingerprint density at radius 1 is 1.10 bits per heavy atom. The van der Waals surface area contributed by atoms with Crippen molar-refractivity contribution in [3.63, 3.8) is 0 Å². The number of hydrogen-bond donors (Lipinski definition) is 2. The number of carbonyl (C=O) groups excluding carboxylic acids is 3. The highest BCUT2D eigenvalue weighted by molar-refractivity contribution is 6.14. The van der Waals surface area contributed by atoms with Gasteiger partial charge in [-0.25, -0.2) is 0 Å². The standard InChI is InChI=1S/C23H28N4O3/c1-5-26(16(2)28)15-17-10-6-7-11-18(17)24-14-21(29)27-20-13-9-8-12-19(20)25-22(30)23(27,3)4/h6-13,24H,5,14-15H2,1-4H3,(H,25,30). The highest BCUT2D eigenvalue weighted by atomic mass is 16.2.